The number of amides is 1. The molecule has 0 bridgehead atoms. The van der Waals surface area contributed by atoms with Crippen molar-refractivity contribution >= 4 is 33.1 Å². The van der Waals surface area contributed by atoms with Crippen LogP contribution in [0.2, 0.25) is 0 Å². The Morgan fingerprint density at radius 2 is 2.18 bits per heavy atom. The zero-order valence-corrected chi connectivity index (χ0v) is 9.62. The number of anilines is 1. The zero-order chi connectivity index (χ0) is 11.7. The van der Waals surface area contributed by atoms with Gasteiger partial charge in [-0.3, -0.25) is 9.89 Å². The van der Waals surface area contributed by atoms with Gasteiger partial charge in [0.1, 0.15) is 5.82 Å². The Hall–Kier alpha value is -2.14. The summed E-state index contributed by atoms with van der Waals surface area (Å²) in [4.78, 5) is 12.0. The van der Waals surface area contributed by atoms with E-state index in [4.69, 9.17) is 0 Å². The van der Waals surface area contributed by atoms with Crippen LogP contribution >= 0.6 is 11.3 Å². The number of H-pyrrole nitrogens is 1. The molecule has 0 unspecified atom stereocenters. The van der Waals surface area contributed by atoms with E-state index in [0.29, 0.717) is 11.4 Å². The number of nitrogens with zero attached hydrogens (tertiary/aromatic N) is 1. The van der Waals surface area contributed by atoms with E-state index in [-0.39, 0.29) is 5.91 Å². The molecule has 0 fully saturated rings. The van der Waals surface area contributed by atoms with Gasteiger partial charge in [-0.15, -0.1) is 11.3 Å². The summed E-state index contributed by atoms with van der Waals surface area (Å²) in [6, 6.07) is 9.57. The van der Waals surface area contributed by atoms with Crippen LogP contribution in [-0.4, -0.2) is 16.1 Å². The maximum Gasteiger partial charge on any atom is 0.258 e. The lowest BCUT2D eigenvalue weighted by Crippen LogP contribution is -2.11. The van der Waals surface area contributed by atoms with Crippen molar-refractivity contribution in [3.8, 4) is 0 Å². The monoisotopic (exact) mass is 243 g/mol. The van der Waals surface area contributed by atoms with Crippen molar-refractivity contribution in [1.29, 1.82) is 0 Å². The fourth-order valence-corrected chi connectivity index (χ4v) is 2.61. The minimum absolute atomic E-state index is 0.119. The molecule has 17 heavy (non-hydrogen) atoms. The summed E-state index contributed by atoms with van der Waals surface area (Å²) in [5.74, 6) is 0.483. The van der Waals surface area contributed by atoms with E-state index in [0.717, 1.165) is 10.1 Å². The minimum Gasteiger partial charge on any atom is -0.307 e. The van der Waals surface area contributed by atoms with Crippen LogP contribution < -0.4 is 5.32 Å². The molecule has 3 rings (SSSR count). The third kappa shape index (κ3) is 1.81. The summed E-state index contributed by atoms with van der Waals surface area (Å²) in [6.45, 7) is 0. The molecule has 3 aromatic rings. The average Bonchev–Trinajstić information content (AvgIpc) is 2.96. The van der Waals surface area contributed by atoms with Crippen LogP contribution in [0.25, 0.3) is 10.1 Å². The topological polar surface area (TPSA) is 57.8 Å². The number of nitrogens with one attached hydrogen (secondary N) is 2. The SMILES string of the molecule is O=C(Nc1ccn[nH]1)c1csc2ccccc12. The number of fused-ring (bicyclic) bond motifs is 1. The molecule has 0 saturated heterocycles. The number of hydrogen-bond acceptors (Lipinski definition) is 3. The fourth-order valence-electron chi connectivity index (χ4n) is 1.67. The molecule has 5 heteroatoms. The van der Waals surface area contributed by atoms with Gasteiger partial charge in [0.05, 0.1) is 11.8 Å². The van der Waals surface area contributed by atoms with Crippen molar-refractivity contribution in [2.24, 2.45) is 0 Å². The summed E-state index contributed by atoms with van der Waals surface area (Å²) in [7, 11) is 0. The van der Waals surface area contributed by atoms with Crippen molar-refractivity contribution in [2.75, 3.05) is 5.32 Å². The van der Waals surface area contributed by atoms with E-state index in [1.54, 1.807) is 23.6 Å². The third-order valence-corrected chi connectivity index (χ3v) is 3.44. The first-order valence-electron chi connectivity index (χ1n) is 5.11. The van der Waals surface area contributed by atoms with E-state index in [1.165, 1.54) is 0 Å². The highest BCUT2D eigenvalue weighted by molar-refractivity contribution is 7.17. The second-order valence-corrected chi connectivity index (χ2v) is 4.48. The number of carbonyl (C=O) groups is 1. The van der Waals surface area contributed by atoms with Crippen molar-refractivity contribution < 1.29 is 4.79 Å². The van der Waals surface area contributed by atoms with Crippen LogP contribution in [0.3, 0.4) is 0 Å². The number of thiophene rings is 1. The van der Waals surface area contributed by atoms with E-state index in [1.807, 2.05) is 29.6 Å². The molecule has 0 aliphatic heterocycles. The van der Waals surface area contributed by atoms with E-state index in [9.17, 15) is 4.79 Å². The maximum absolute atomic E-state index is 12.0. The predicted octanol–water partition coefficient (Wildman–Crippen LogP) is 2.88. The molecule has 2 aromatic heterocycles. The lowest BCUT2D eigenvalue weighted by molar-refractivity contribution is 0.102. The van der Waals surface area contributed by atoms with Crippen LogP contribution in [0.1, 0.15) is 10.4 Å². The Bertz CT molecular complexity index is 657. The molecule has 0 aliphatic carbocycles. The normalized spacial score (nSPS) is 10.6. The number of carbonyl (C=O) groups excluding carboxylic acids is 1. The van der Waals surface area contributed by atoms with Gasteiger partial charge >= 0.3 is 0 Å². The summed E-state index contributed by atoms with van der Waals surface area (Å²) < 4.78 is 1.11. The van der Waals surface area contributed by atoms with Crippen LogP contribution in [0.15, 0.2) is 41.9 Å². The molecule has 0 radical (unpaired) electrons. The van der Waals surface area contributed by atoms with Gasteiger partial charge in [-0.1, -0.05) is 18.2 Å². The summed E-state index contributed by atoms with van der Waals surface area (Å²) in [5.41, 5.74) is 0.695. The Labute approximate surface area is 101 Å². The molecule has 1 aromatic carbocycles. The summed E-state index contributed by atoms with van der Waals surface area (Å²) in [5, 5.41) is 12.1. The summed E-state index contributed by atoms with van der Waals surface area (Å²) in [6.07, 6.45) is 1.60. The standard InChI is InChI=1S/C12H9N3OS/c16-12(14-11-5-6-13-15-11)9-7-17-10-4-2-1-3-8(9)10/h1-7H,(H2,13,14,15,16). The smallest absolute Gasteiger partial charge is 0.258 e. The molecule has 2 N–H and O–H groups in total. The van der Waals surface area contributed by atoms with E-state index < -0.39 is 0 Å². The Balaban J connectivity index is 1.96. The molecule has 2 heterocycles. The molecule has 0 spiro atoms. The van der Waals surface area contributed by atoms with Gasteiger partial charge in [0.25, 0.3) is 5.91 Å². The highest BCUT2D eigenvalue weighted by atomic mass is 32.1. The van der Waals surface area contributed by atoms with Gasteiger partial charge in [-0.25, -0.2) is 0 Å². The lowest BCUT2D eigenvalue weighted by atomic mass is 10.2. The highest BCUT2D eigenvalue weighted by Crippen LogP contribution is 2.26. The predicted molar refractivity (Wildman–Crippen MR) is 68.4 cm³/mol. The van der Waals surface area contributed by atoms with Crippen LogP contribution in [-0.2, 0) is 0 Å². The fraction of sp³-hybridized carbons (Fsp3) is 0. The first-order valence-corrected chi connectivity index (χ1v) is 5.99. The molecule has 84 valence electrons. The quantitative estimate of drug-likeness (QED) is 0.727. The molecule has 0 aliphatic rings. The number of aromatic amines is 1. The Kier molecular flexibility index (Phi) is 2.38. The molecule has 1 amide bonds. The van der Waals surface area contributed by atoms with Crippen molar-refractivity contribution in [1.82, 2.24) is 10.2 Å². The Morgan fingerprint density at radius 1 is 1.29 bits per heavy atom. The van der Waals surface area contributed by atoms with Gasteiger partial charge in [0, 0.05) is 21.5 Å². The van der Waals surface area contributed by atoms with Crippen molar-refractivity contribution in [2.45, 2.75) is 0 Å². The molecular weight excluding hydrogens is 234 g/mol. The maximum atomic E-state index is 12.0. The number of hydrogen-bond donors (Lipinski definition) is 2. The third-order valence-electron chi connectivity index (χ3n) is 2.47. The number of benzene rings is 1. The van der Waals surface area contributed by atoms with Gasteiger partial charge in [0.2, 0.25) is 0 Å². The largest absolute Gasteiger partial charge is 0.307 e. The van der Waals surface area contributed by atoms with E-state index >= 15 is 0 Å². The lowest BCUT2D eigenvalue weighted by Gasteiger charge is -2.00. The second-order valence-electron chi connectivity index (χ2n) is 3.57. The first kappa shape index (κ1) is 10.0. The zero-order valence-electron chi connectivity index (χ0n) is 8.81. The molecule has 0 saturated carbocycles. The molecule has 4 nitrogen and oxygen atoms in total. The van der Waals surface area contributed by atoms with Gasteiger partial charge in [0.15, 0.2) is 0 Å². The number of aromatic nitrogens is 2. The molecular formula is C12H9N3OS. The van der Waals surface area contributed by atoms with Crippen molar-refractivity contribution in [3.63, 3.8) is 0 Å². The Morgan fingerprint density at radius 3 is 3.00 bits per heavy atom. The number of rotatable bonds is 2. The van der Waals surface area contributed by atoms with Crippen LogP contribution in [0, 0.1) is 0 Å². The van der Waals surface area contributed by atoms with Gasteiger partial charge in [-0.05, 0) is 6.07 Å². The van der Waals surface area contributed by atoms with Crippen LogP contribution in [0.5, 0.6) is 0 Å². The average molecular weight is 243 g/mol. The van der Waals surface area contributed by atoms with Crippen LogP contribution in [0.4, 0.5) is 5.82 Å². The van der Waals surface area contributed by atoms with Gasteiger partial charge in [-0.2, -0.15) is 5.10 Å². The van der Waals surface area contributed by atoms with E-state index in [2.05, 4.69) is 15.5 Å². The highest BCUT2D eigenvalue weighted by Gasteiger charge is 2.12. The summed E-state index contributed by atoms with van der Waals surface area (Å²) >= 11 is 1.57. The molecule has 0 atom stereocenters. The first-order chi connectivity index (χ1) is 8.34. The minimum atomic E-state index is -0.119. The van der Waals surface area contributed by atoms with Gasteiger partial charge < -0.3 is 5.32 Å². The second kappa shape index (κ2) is 4.03. The van der Waals surface area contributed by atoms with Crippen molar-refractivity contribution in [3.05, 3.63) is 47.5 Å².